The van der Waals surface area contributed by atoms with E-state index in [1.54, 1.807) is 18.2 Å². The zero-order chi connectivity index (χ0) is 15.0. The number of benzene rings is 1. The number of nitro groups is 1. The van der Waals surface area contributed by atoms with Gasteiger partial charge in [-0.2, -0.15) is 0 Å². The topological polar surface area (TPSA) is 89.5 Å². The van der Waals surface area contributed by atoms with Gasteiger partial charge in [-0.3, -0.25) is 14.9 Å². The Morgan fingerprint density at radius 2 is 2.05 bits per heavy atom. The van der Waals surface area contributed by atoms with Gasteiger partial charge in [-0.05, 0) is 24.7 Å². The molecule has 0 spiro atoms. The number of halogens is 1. The average molecular weight is 326 g/mol. The molecule has 120 valence electrons. The highest BCUT2D eigenvalue weighted by Gasteiger charge is 2.42. The molecule has 1 amide bonds. The second-order valence-electron chi connectivity index (χ2n) is 6.03. The number of fused-ring (bicyclic) bond motifs is 1. The molecule has 7 heteroatoms. The maximum absolute atomic E-state index is 12.4. The first kappa shape index (κ1) is 16.7. The molecule has 3 atom stereocenters. The standard InChI is InChI=1S/C15H19N3O3.ClH/c16-13-6-5-11-8-17(9-12(11)13)15(19)7-10-3-1-2-4-14(10)18(20)21;/h1-4,11-13H,5-9,16H2;1H. The molecule has 6 nitrogen and oxygen atoms in total. The first-order valence-corrected chi connectivity index (χ1v) is 7.32. The summed E-state index contributed by atoms with van der Waals surface area (Å²) in [6.45, 7) is 1.45. The highest BCUT2D eigenvalue weighted by Crippen LogP contribution is 2.37. The number of carbonyl (C=O) groups is 1. The molecule has 2 N–H and O–H groups in total. The molecule has 22 heavy (non-hydrogen) atoms. The third-order valence-corrected chi connectivity index (χ3v) is 4.80. The number of para-hydroxylation sites is 1. The Morgan fingerprint density at radius 3 is 2.73 bits per heavy atom. The summed E-state index contributed by atoms with van der Waals surface area (Å²) >= 11 is 0. The number of nitrogens with two attached hydrogens (primary N) is 1. The largest absolute Gasteiger partial charge is 0.342 e. The van der Waals surface area contributed by atoms with Gasteiger partial charge in [0.2, 0.25) is 5.91 Å². The Bertz CT molecular complexity index is 581. The van der Waals surface area contributed by atoms with E-state index in [1.807, 2.05) is 4.90 Å². The van der Waals surface area contributed by atoms with Gasteiger partial charge in [0.05, 0.1) is 11.3 Å². The van der Waals surface area contributed by atoms with Crippen molar-refractivity contribution in [3.8, 4) is 0 Å². The summed E-state index contributed by atoms with van der Waals surface area (Å²) in [6, 6.07) is 6.63. The summed E-state index contributed by atoms with van der Waals surface area (Å²) < 4.78 is 0. The predicted octanol–water partition coefficient (Wildman–Crippen LogP) is 1.75. The van der Waals surface area contributed by atoms with Gasteiger partial charge in [0, 0.05) is 30.8 Å². The Balaban J connectivity index is 0.00000176. The molecule has 0 bridgehead atoms. The van der Waals surface area contributed by atoms with Crippen LogP contribution in [-0.4, -0.2) is 34.9 Å². The van der Waals surface area contributed by atoms with Crippen LogP contribution in [0, 0.1) is 22.0 Å². The average Bonchev–Trinajstić information content (AvgIpc) is 3.02. The van der Waals surface area contributed by atoms with Crippen molar-refractivity contribution in [1.82, 2.24) is 4.90 Å². The van der Waals surface area contributed by atoms with Crippen LogP contribution in [0.15, 0.2) is 24.3 Å². The number of hydrogen-bond acceptors (Lipinski definition) is 4. The van der Waals surface area contributed by atoms with Gasteiger partial charge in [0.1, 0.15) is 0 Å². The number of amides is 1. The maximum atomic E-state index is 12.4. The van der Waals surface area contributed by atoms with Crippen molar-refractivity contribution >= 4 is 24.0 Å². The van der Waals surface area contributed by atoms with E-state index in [-0.39, 0.29) is 36.5 Å². The lowest BCUT2D eigenvalue weighted by molar-refractivity contribution is -0.385. The predicted molar refractivity (Wildman–Crippen MR) is 84.8 cm³/mol. The summed E-state index contributed by atoms with van der Waals surface area (Å²) in [6.07, 6.45) is 2.22. The molecule has 2 fully saturated rings. The van der Waals surface area contributed by atoms with Crippen LogP contribution < -0.4 is 5.73 Å². The quantitative estimate of drug-likeness (QED) is 0.677. The molecule has 1 heterocycles. The van der Waals surface area contributed by atoms with Gasteiger partial charge in [-0.15, -0.1) is 12.4 Å². The van der Waals surface area contributed by atoms with E-state index < -0.39 is 4.92 Å². The number of carbonyl (C=O) groups excluding carboxylic acids is 1. The van der Waals surface area contributed by atoms with Crippen molar-refractivity contribution in [2.24, 2.45) is 17.6 Å². The van der Waals surface area contributed by atoms with E-state index in [0.29, 0.717) is 23.9 Å². The minimum absolute atomic E-state index is 0. The van der Waals surface area contributed by atoms with Gasteiger partial charge in [0.15, 0.2) is 0 Å². The Morgan fingerprint density at radius 1 is 1.32 bits per heavy atom. The smallest absolute Gasteiger partial charge is 0.273 e. The molecular formula is C15H20ClN3O3. The normalized spacial score (nSPS) is 26.4. The summed E-state index contributed by atoms with van der Waals surface area (Å²) in [4.78, 5) is 24.8. The van der Waals surface area contributed by atoms with Crippen LogP contribution in [0.3, 0.4) is 0 Å². The molecule has 1 saturated carbocycles. The fourth-order valence-electron chi connectivity index (χ4n) is 3.62. The lowest BCUT2D eigenvalue weighted by Gasteiger charge is -2.18. The van der Waals surface area contributed by atoms with Crippen LogP contribution in [0.4, 0.5) is 5.69 Å². The third-order valence-electron chi connectivity index (χ3n) is 4.80. The molecule has 3 rings (SSSR count). The summed E-state index contributed by atoms with van der Waals surface area (Å²) in [5, 5.41) is 11.0. The lowest BCUT2D eigenvalue weighted by atomic mass is 9.98. The molecule has 1 aliphatic carbocycles. The summed E-state index contributed by atoms with van der Waals surface area (Å²) in [5.41, 5.74) is 6.57. The van der Waals surface area contributed by atoms with Gasteiger partial charge in [-0.1, -0.05) is 18.2 Å². The Labute approximate surface area is 135 Å². The molecule has 3 unspecified atom stereocenters. The molecule has 2 aliphatic rings. The van der Waals surface area contributed by atoms with Crippen LogP contribution in [0.2, 0.25) is 0 Å². The van der Waals surface area contributed by atoms with Crippen molar-refractivity contribution in [3.05, 3.63) is 39.9 Å². The van der Waals surface area contributed by atoms with Crippen LogP contribution in [0.1, 0.15) is 18.4 Å². The second kappa shape index (κ2) is 6.62. The second-order valence-corrected chi connectivity index (χ2v) is 6.03. The van der Waals surface area contributed by atoms with Crippen LogP contribution in [0.5, 0.6) is 0 Å². The van der Waals surface area contributed by atoms with Crippen LogP contribution >= 0.6 is 12.4 Å². The molecule has 1 aliphatic heterocycles. The molecule has 0 aromatic heterocycles. The number of hydrogen-bond donors (Lipinski definition) is 1. The van der Waals surface area contributed by atoms with Crippen LogP contribution in [0.25, 0.3) is 0 Å². The Kier molecular flexibility index (Phi) is 5.03. The number of likely N-dealkylation sites (tertiary alicyclic amines) is 1. The van der Waals surface area contributed by atoms with Crippen LogP contribution in [-0.2, 0) is 11.2 Å². The SMILES string of the molecule is Cl.NC1CCC2CN(C(=O)Cc3ccccc3[N+](=O)[O-])CC12. The summed E-state index contributed by atoms with van der Waals surface area (Å²) in [5.74, 6) is 0.875. The summed E-state index contributed by atoms with van der Waals surface area (Å²) in [7, 11) is 0. The molecule has 1 aromatic carbocycles. The Hall–Kier alpha value is -1.66. The number of rotatable bonds is 3. The van der Waals surface area contributed by atoms with Crippen molar-refractivity contribution < 1.29 is 9.72 Å². The first-order valence-electron chi connectivity index (χ1n) is 7.32. The zero-order valence-electron chi connectivity index (χ0n) is 12.2. The third kappa shape index (κ3) is 3.08. The maximum Gasteiger partial charge on any atom is 0.273 e. The van der Waals surface area contributed by atoms with Crippen molar-refractivity contribution in [2.75, 3.05) is 13.1 Å². The number of nitro benzene ring substituents is 1. The number of nitrogens with zero attached hydrogens (tertiary/aromatic N) is 2. The van der Waals surface area contributed by atoms with Crippen molar-refractivity contribution in [2.45, 2.75) is 25.3 Å². The van der Waals surface area contributed by atoms with E-state index >= 15 is 0 Å². The highest BCUT2D eigenvalue weighted by molar-refractivity contribution is 5.85. The van der Waals surface area contributed by atoms with E-state index in [0.717, 1.165) is 19.4 Å². The fourth-order valence-corrected chi connectivity index (χ4v) is 3.62. The first-order chi connectivity index (χ1) is 10.1. The molecular weight excluding hydrogens is 306 g/mol. The monoisotopic (exact) mass is 325 g/mol. The van der Waals surface area contributed by atoms with E-state index in [2.05, 4.69) is 0 Å². The molecule has 0 radical (unpaired) electrons. The lowest BCUT2D eigenvalue weighted by Crippen LogP contribution is -2.34. The fraction of sp³-hybridized carbons (Fsp3) is 0.533. The van der Waals surface area contributed by atoms with E-state index in [4.69, 9.17) is 5.73 Å². The highest BCUT2D eigenvalue weighted by atomic mass is 35.5. The van der Waals surface area contributed by atoms with Gasteiger partial charge < -0.3 is 10.6 Å². The van der Waals surface area contributed by atoms with Gasteiger partial charge in [-0.25, -0.2) is 0 Å². The van der Waals surface area contributed by atoms with Gasteiger partial charge >= 0.3 is 0 Å². The zero-order valence-corrected chi connectivity index (χ0v) is 13.0. The molecule has 1 saturated heterocycles. The van der Waals surface area contributed by atoms with E-state index in [1.165, 1.54) is 6.07 Å². The molecule has 1 aromatic rings. The minimum atomic E-state index is -0.433. The van der Waals surface area contributed by atoms with Crippen molar-refractivity contribution in [1.29, 1.82) is 0 Å². The minimum Gasteiger partial charge on any atom is -0.342 e. The van der Waals surface area contributed by atoms with Gasteiger partial charge in [0.25, 0.3) is 5.69 Å². The van der Waals surface area contributed by atoms with Crippen molar-refractivity contribution in [3.63, 3.8) is 0 Å². The van der Waals surface area contributed by atoms with E-state index in [9.17, 15) is 14.9 Å².